The van der Waals surface area contributed by atoms with Gasteiger partial charge in [-0.2, -0.15) is 5.10 Å². The molecule has 20 heavy (non-hydrogen) atoms. The molecule has 0 saturated carbocycles. The summed E-state index contributed by atoms with van der Waals surface area (Å²) in [7, 11) is 0. The summed E-state index contributed by atoms with van der Waals surface area (Å²) in [5.41, 5.74) is 3.49. The second-order valence-corrected chi connectivity index (χ2v) is 7.84. The highest BCUT2D eigenvalue weighted by Crippen LogP contribution is 2.39. The fourth-order valence-corrected chi connectivity index (χ4v) is 4.19. The third-order valence-electron chi connectivity index (χ3n) is 3.04. The Bertz CT molecular complexity index is 699. The number of benzene rings is 1. The zero-order valence-corrected chi connectivity index (χ0v) is 14.7. The topological polar surface area (TPSA) is 17.8 Å². The molecule has 0 aliphatic heterocycles. The van der Waals surface area contributed by atoms with Crippen LogP contribution in [0.5, 0.6) is 0 Å². The van der Waals surface area contributed by atoms with Crippen LogP contribution >= 0.6 is 43.2 Å². The Hall–Kier alpha value is -0.910. The fourth-order valence-electron chi connectivity index (χ4n) is 1.96. The van der Waals surface area contributed by atoms with Crippen LogP contribution in [0.3, 0.4) is 0 Å². The zero-order chi connectivity index (χ0) is 14.1. The number of nitrogens with zero attached hydrogens (tertiary/aromatic N) is 2. The predicted molar refractivity (Wildman–Crippen MR) is 91.1 cm³/mol. The van der Waals surface area contributed by atoms with Gasteiger partial charge in [0.2, 0.25) is 0 Å². The molecule has 1 unspecified atom stereocenters. The fraction of sp³-hybridized carbons (Fsp3) is 0.133. The first kappa shape index (κ1) is 14.0. The van der Waals surface area contributed by atoms with Crippen molar-refractivity contribution in [1.82, 2.24) is 9.78 Å². The van der Waals surface area contributed by atoms with Gasteiger partial charge in [0.15, 0.2) is 0 Å². The number of alkyl halides is 1. The molecule has 0 spiro atoms. The molecule has 3 rings (SSSR count). The van der Waals surface area contributed by atoms with Crippen LogP contribution in [0.1, 0.15) is 20.8 Å². The van der Waals surface area contributed by atoms with E-state index in [4.69, 9.17) is 0 Å². The van der Waals surface area contributed by atoms with Gasteiger partial charge in [-0.1, -0.05) is 34.1 Å². The van der Waals surface area contributed by atoms with Crippen LogP contribution in [-0.2, 0) is 0 Å². The number of thiophene rings is 1. The van der Waals surface area contributed by atoms with Crippen LogP contribution in [-0.4, -0.2) is 9.78 Å². The summed E-state index contributed by atoms with van der Waals surface area (Å²) in [6.07, 6.45) is 3.98. The van der Waals surface area contributed by atoms with Crippen LogP contribution < -0.4 is 0 Å². The Kier molecular flexibility index (Phi) is 4.10. The summed E-state index contributed by atoms with van der Waals surface area (Å²) in [4.78, 5) is 1.46. The number of aromatic nitrogens is 2. The highest BCUT2D eigenvalue weighted by Gasteiger charge is 2.16. The van der Waals surface area contributed by atoms with E-state index in [0.29, 0.717) is 0 Å². The number of halogens is 2. The molecule has 1 aromatic carbocycles. The summed E-state index contributed by atoms with van der Waals surface area (Å²) >= 11 is 9.09. The lowest BCUT2D eigenvalue weighted by Gasteiger charge is -2.04. The van der Waals surface area contributed by atoms with Gasteiger partial charge in [0.05, 0.1) is 20.5 Å². The molecule has 3 aromatic rings. The molecule has 2 nitrogen and oxygen atoms in total. The molecule has 2 aromatic heterocycles. The molecule has 0 N–H and O–H groups in total. The number of hydrogen-bond donors (Lipinski definition) is 0. The normalized spacial score (nSPS) is 12.6. The van der Waals surface area contributed by atoms with Gasteiger partial charge in [-0.15, -0.1) is 11.3 Å². The molecule has 0 radical (unpaired) electrons. The monoisotopic (exact) mass is 410 g/mol. The first-order chi connectivity index (χ1) is 9.65. The van der Waals surface area contributed by atoms with E-state index in [1.165, 1.54) is 14.2 Å². The minimum absolute atomic E-state index is 0.176. The summed E-state index contributed by atoms with van der Waals surface area (Å²) < 4.78 is 3.09. The summed E-state index contributed by atoms with van der Waals surface area (Å²) in [5, 5.41) is 4.44. The lowest BCUT2D eigenvalue weighted by Crippen LogP contribution is -1.93. The molecule has 0 aliphatic rings. The Morgan fingerprint density at radius 3 is 2.65 bits per heavy atom. The van der Waals surface area contributed by atoms with Crippen molar-refractivity contribution in [1.29, 1.82) is 0 Å². The highest BCUT2D eigenvalue weighted by molar-refractivity contribution is 9.11. The van der Waals surface area contributed by atoms with Gasteiger partial charge in [-0.25, -0.2) is 4.68 Å². The van der Waals surface area contributed by atoms with Crippen molar-refractivity contribution >= 4 is 43.2 Å². The van der Waals surface area contributed by atoms with Gasteiger partial charge >= 0.3 is 0 Å². The Balaban J connectivity index is 1.90. The van der Waals surface area contributed by atoms with Crippen LogP contribution in [0.15, 0.2) is 52.6 Å². The number of para-hydroxylation sites is 1. The smallest absolute Gasteiger partial charge is 0.0769 e. The number of hydrogen-bond acceptors (Lipinski definition) is 2. The van der Waals surface area contributed by atoms with E-state index in [1.54, 1.807) is 11.3 Å². The van der Waals surface area contributed by atoms with Crippen LogP contribution in [0, 0.1) is 6.92 Å². The average molecular weight is 412 g/mol. The Labute approximate surface area is 138 Å². The lowest BCUT2D eigenvalue weighted by atomic mass is 10.2. The van der Waals surface area contributed by atoms with Crippen LogP contribution in [0.25, 0.3) is 5.69 Å². The standard InChI is InChI=1S/C15H12Br2N2S/c1-10-7-13(20-15(10)17)14(16)11-8-18-19(9-11)12-5-3-2-4-6-12/h2-9,14H,1H3. The molecule has 0 fully saturated rings. The van der Waals surface area contributed by atoms with Crippen molar-refractivity contribution < 1.29 is 0 Å². The SMILES string of the molecule is Cc1cc(C(Br)c2cnn(-c3ccccc3)c2)sc1Br. The lowest BCUT2D eigenvalue weighted by molar-refractivity contribution is 0.880. The van der Waals surface area contributed by atoms with Gasteiger partial charge in [-0.05, 0) is 46.6 Å². The first-order valence-corrected chi connectivity index (χ1v) is 8.67. The average Bonchev–Trinajstić information content (AvgIpc) is 3.07. The van der Waals surface area contributed by atoms with E-state index >= 15 is 0 Å². The van der Waals surface area contributed by atoms with Gasteiger partial charge < -0.3 is 0 Å². The number of rotatable bonds is 3. The van der Waals surface area contributed by atoms with Crippen molar-refractivity contribution in [3.05, 3.63) is 68.6 Å². The van der Waals surface area contributed by atoms with Crippen LogP contribution in [0.4, 0.5) is 0 Å². The Morgan fingerprint density at radius 2 is 2.00 bits per heavy atom. The van der Waals surface area contributed by atoms with E-state index in [0.717, 1.165) is 11.3 Å². The summed E-state index contributed by atoms with van der Waals surface area (Å²) in [5.74, 6) is 0. The van der Waals surface area contributed by atoms with Gasteiger partial charge in [0.25, 0.3) is 0 Å². The van der Waals surface area contributed by atoms with Gasteiger partial charge in [0, 0.05) is 16.6 Å². The summed E-state index contributed by atoms with van der Waals surface area (Å²) in [6, 6.07) is 12.3. The molecular weight excluding hydrogens is 400 g/mol. The molecule has 2 heterocycles. The van der Waals surface area contributed by atoms with Gasteiger partial charge in [0.1, 0.15) is 0 Å². The molecular formula is C15H12Br2N2S. The molecule has 1 atom stereocenters. The van der Waals surface area contributed by atoms with Crippen molar-refractivity contribution in [3.8, 4) is 5.69 Å². The summed E-state index contributed by atoms with van der Waals surface area (Å²) in [6.45, 7) is 2.11. The predicted octanol–water partition coefficient (Wildman–Crippen LogP) is 5.49. The maximum atomic E-state index is 4.44. The molecule has 0 saturated heterocycles. The minimum Gasteiger partial charge on any atom is -0.241 e. The van der Waals surface area contributed by atoms with Crippen molar-refractivity contribution in [2.75, 3.05) is 0 Å². The third-order valence-corrected chi connectivity index (χ3v) is 6.57. The quantitative estimate of drug-likeness (QED) is 0.521. The molecule has 0 bridgehead atoms. The Morgan fingerprint density at radius 1 is 1.25 bits per heavy atom. The van der Waals surface area contributed by atoms with E-state index in [-0.39, 0.29) is 4.83 Å². The van der Waals surface area contributed by atoms with Crippen molar-refractivity contribution in [2.24, 2.45) is 0 Å². The number of aryl methyl sites for hydroxylation is 1. The minimum atomic E-state index is 0.176. The van der Waals surface area contributed by atoms with E-state index < -0.39 is 0 Å². The third kappa shape index (κ3) is 2.75. The van der Waals surface area contributed by atoms with E-state index in [2.05, 4.69) is 56.1 Å². The van der Waals surface area contributed by atoms with E-state index in [1.807, 2.05) is 41.2 Å². The maximum Gasteiger partial charge on any atom is 0.0769 e. The first-order valence-electron chi connectivity index (χ1n) is 6.15. The highest BCUT2D eigenvalue weighted by atomic mass is 79.9. The molecule has 102 valence electrons. The van der Waals surface area contributed by atoms with E-state index in [9.17, 15) is 0 Å². The van der Waals surface area contributed by atoms with Gasteiger partial charge in [-0.3, -0.25) is 0 Å². The zero-order valence-electron chi connectivity index (χ0n) is 10.8. The second-order valence-electron chi connectivity index (χ2n) is 4.52. The van der Waals surface area contributed by atoms with Crippen LogP contribution in [0.2, 0.25) is 0 Å². The largest absolute Gasteiger partial charge is 0.241 e. The maximum absolute atomic E-state index is 4.44. The van der Waals surface area contributed by atoms with Crippen molar-refractivity contribution in [2.45, 2.75) is 11.8 Å². The molecule has 5 heteroatoms. The van der Waals surface area contributed by atoms with Crippen molar-refractivity contribution in [3.63, 3.8) is 0 Å². The second kappa shape index (κ2) is 5.84. The molecule has 0 amide bonds. The molecule has 0 aliphatic carbocycles.